The third-order valence-corrected chi connectivity index (χ3v) is 4.22. The molecule has 0 spiro atoms. The fraction of sp³-hybridized carbons (Fsp3) is 0.571. The molecule has 1 aliphatic heterocycles. The van der Waals surface area contributed by atoms with Gasteiger partial charge < -0.3 is 19.5 Å². The van der Waals surface area contributed by atoms with Crippen molar-refractivity contribution in [2.24, 2.45) is 0 Å². The maximum absolute atomic E-state index is 5.80. The number of hydrogen-bond donors (Lipinski definition) is 1. The SMILES string of the molecule is CNC(c1cc(Br)c(C)cc1OC)C1COCCO1. The molecule has 1 N–H and O–H groups in total. The van der Waals surface area contributed by atoms with Crippen molar-refractivity contribution in [3.8, 4) is 5.75 Å². The Labute approximate surface area is 122 Å². The molecule has 1 saturated heterocycles. The molecule has 1 heterocycles. The van der Waals surface area contributed by atoms with Gasteiger partial charge in [-0.3, -0.25) is 0 Å². The maximum Gasteiger partial charge on any atom is 0.124 e. The lowest BCUT2D eigenvalue weighted by atomic mass is 9.99. The molecule has 0 saturated carbocycles. The zero-order valence-corrected chi connectivity index (χ0v) is 13.1. The van der Waals surface area contributed by atoms with Gasteiger partial charge in [0.05, 0.1) is 33.0 Å². The Kier molecular flexibility index (Phi) is 5.21. The van der Waals surface area contributed by atoms with Gasteiger partial charge in [-0.25, -0.2) is 0 Å². The van der Waals surface area contributed by atoms with Crippen LogP contribution in [0.25, 0.3) is 0 Å². The van der Waals surface area contributed by atoms with E-state index in [4.69, 9.17) is 14.2 Å². The summed E-state index contributed by atoms with van der Waals surface area (Å²) in [5.41, 5.74) is 2.23. The van der Waals surface area contributed by atoms with Crippen molar-refractivity contribution in [2.45, 2.75) is 19.1 Å². The Morgan fingerprint density at radius 1 is 1.42 bits per heavy atom. The van der Waals surface area contributed by atoms with Crippen molar-refractivity contribution in [1.29, 1.82) is 0 Å². The molecular weight excluding hydrogens is 310 g/mol. The third kappa shape index (κ3) is 3.28. The van der Waals surface area contributed by atoms with Crippen LogP contribution in [-0.2, 0) is 9.47 Å². The lowest BCUT2D eigenvalue weighted by Crippen LogP contribution is -2.39. The molecule has 0 amide bonds. The summed E-state index contributed by atoms with van der Waals surface area (Å²) in [5, 5.41) is 3.30. The minimum Gasteiger partial charge on any atom is -0.496 e. The first-order chi connectivity index (χ1) is 9.17. The zero-order valence-electron chi connectivity index (χ0n) is 11.5. The standard InChI is InChI=1S/C14H20BrNO3/c1-9-6-12(17-3)10(7-11(9)15)14(16-2)13-8-18-4-5-19-13/h6-7,13-14,16H,4-5,8H2,1-3H3. The van der Waals surface area contributed by atoms with Gasteiger partial charge in [-0.1, -0.05) is 15.9 Å². The van der Waals surface area contributed by atoms with Crippen molar-refractivity contribution >= 4 is 15.9 Å². The van der Waals surface area contributed by atoms with E-state index in [1.54, 1.807) is 7.11 Å². The average molecular weight is 330 g/mol. The van der Waals surface area contributed by atoms with Gasteiger partial charge in [0.2, 0.25) is 0 Å². The molecule has 2 atom stereocenters. The summed E-state index contributed by atoms with van der Waals surface area (Å²) in [7, 11) is 3.62. The lowest BCUT2D eigenvalue weighted by Gasteiger charge is -2.31. The topological polar surface area (TPSA) is 39.7 Å². The molecule has 2 unspecified atom stereocenters. The van der Waals surface area contributed by atoms with Crippen LogP contribution in [0.2, 0.25) is 0 Å². The monoisotopic (exact) mass is 329 g/mol. The highest BCUT2D eigenvalue weighted by molar-refractivity contribution is 9.10. The van der Waals surface area contributed by atoms with Gasteiger partial charge in [-0.05, 0) is 31.7 Å². The summed E-state index contributed by atoms with van der Waals surface area (Å²) in [6.07, 6.45) is 0.00209. The third-order valence-electron chi connectivity index (χ3n) is 3.37. The number of benzene rings is 1. The van der Waals surface area contributed by atoms with Crippen LogP contribution in [0.3, 0.4) is 0 Å². The van der Waals surface area contributed by atoms with Crippen LogP contribution < -0.4 is 10.1 Å². The number of likely N-dealkylation sites (N-methyl/N-ethyl adjacent to an activating group) is 1. The highest BCUT2D eigenvalue weighted by atomic mass is 79.9. The van der Waals surface area contributed by atoms with Gasteiger partial charge in [0, 0.05) is 10.0 Å². The van der Waals surface area contributed by atoms with Crippen molar-refractivity contribution in [1.82, 2.24) is 5.32 Å². The van der Waals surface area contributed by atoms with Gasteiger partial charge in [0.25, 0.3) is 0 Å². The summed E-state index contributed by atoms with van der Waals surface area (Å²) in [5.74, 6) is 0.870. The Hall–Kier alpha value is -0.620. The normalized spacial score (nSPS) is 21.2. The van der Waals surface area contributed by atoms with Crippen LogP contribution in [0.5, 0.6) is 5.75 Å². The van der Waals surface area contributed by atoms with Crippen LogP contribution in [0.15, 0.2) is 16.6 Å². The number of methoxy groups -OCH3 is 1. The Bertz CT molecular complexity index is 433. The first kappa shape index (κ1) is 14.8. The molecule has 0 bridgehead atoms. The highest BCUT2D eigenvalue weighted by Gasteiger charge is 2.28. The quantitative estimate of drug-likeness (QED) is 0.921. The summed E-state index contributed by atoms with van der Waals surface area (Å²) >= 11 is 3.58. The molecule has 2 rings (SSSR count). The Balaban J connectivity index is 2.33. The lowest BCUT2D eigenvalue weighted by molar-refractivity contribution is -0.101. The van der Waals surface area contributed by atoms with E-state index < -0.39 is 0 Å². The first-order valence-corrected chi connectivity index (χ1v) is 7.17. The molecule has 4 nitrogen and oxygen atoms in total. The second-order valence-corrected chi connectivity index (χ2v) is 5.45. The van der Waals surface area contributed by atoms with Crippen LogP contribution in [0.1, 0.15) is 17.2 Å². The number of ether oxygens (including phenoxy) is 3. The van der Waals surface area contributed by atoms with Gasteiger partial charge in [0.1, 0.15) is 11.9 Å². The zero-order chi connectivity index (χ0) is 13.8. The van der Waals surface area contributed by atoms with Crippen LogP contribution in [0, 0.1) is 6.92 Å². The Morgan fingerprint density at radius 3 is 2.79 bits per heavy atom. The number of nitrogens with one attached hydrogen (secondary N) is 1. The molecule has 0 aromatic heterocycles. The molecule has 1 fully saturated rings. The van der Waals surface area contributed by atoms with Crippen molar-refractivity contribution in [3.05, 3.63) is 27.7 Å². The minimum absolute atomic E-state index is 0.00209. The van der Waals surface area contributed by atoms with Gasteiger partial charge in [-0.2, -0.15) is 0 Å². The van der Waals surface area contributed by atoms with E-state index >= 15 is 0 Å². The van der Waals surface area contributed by atoms with Crippen LogP contribution >= 0.6 is 15.9 Å². The second kappa shape index (κ2) is 6.70. The predicted octanol–water partition coefficient (Wildman–Crippen LogP) is 2.44. The summed E-state index contributed by atoms with van der Waals surface area (Å²) in [6.45, 7) is 3.95. The average Bonchev–Trinajstić information content (AvgIpc) is 2.44. The molecular formula is C14H20BrNO3. The summed E-state index contributed by atoms with van der Waals surface area (Å²) in [4.78, 5) is 0. The molecule has 5 heteroatoms. The van der Waals surface area contributed by atoms with Crippen LogP contribution in [-0.4, -0.2) is 40.1 Å². The molecule has 1 aliphatic rings. The van der Waals surface area contributed by atoms with E-state index in [1.165, 1.54) is 0 Å². The van der Waals surface area contributed by atoms with Gasteiger partial charge in [-0.15, -0.1) is 0 Å². The number of aryl methyl sites for hydroxylation is 1. The van der Waals surface area contributed by atoms with E-state index in [0.29, 0.717) is 19.8 Å². The van der Waals surface area contributed by atoms with E-state index in [9.17, 15) is 0 Å². The fourth-order valence-electron chi connectivity index (χ4n) is 2.33. The smallest absolute Gasteiger partial charge is 0.124 e. The highest BCUT2D eigenvalue weighted by Crippen LogP contribution is 2.33. The van der Waals surface area contributed by atoms with E-state index in [2.05, 4.69) is 27.3 Å². The first-order valence-electron chi connectivity index (χ1n) is 6.38. The minimum atomic E-state index is 0.00209. The van der Waals surface area contributed by atoms with Crippen LogP contribution in [0.4, 0.5) is 0 Å². The van der Waals surface area contributed by atoms with Crippen molar-refractivity contribution in [3.63, 3.8) is 0 Å². The van der Waals surface area contributed by atoms with Gasteiger partial charge >= 0.3 is 0 Å². The molecule has 1 aromatic carbocycles. The largest absolute Gasteiger partial charge is 0.496 e. The maximum atomic E-state index is 5.80. The van der Waals surface area contributed by atoms with Crippen molar-refractivity contribution in [2.75, 3.05) is 34.0 Å². The number of hydrogen-bond acceptors (Lipinski definition) is 4. The molecule has 106 valence electrons. The second-order valence-electron chi connectivity index (χ2n) is 4.59. The summed E-state index contributed by atoms with van der Waals surface area (Å²) < 4.78 is 17.9. The molecule has 1 aromatic rings. The Morgan fingerprint density at radius 2 is 2.21 bits per heavy atom. The van der Waals surface area contributed by atoms with E-state index in [1.807, 2.05) is 20.0 Å². The molecule has 0 radical (unpaired) electrons. The fourth-order valence-corrected chi connectivity index (χ4v) is 2.69. The van der Waals surface area contributed by atoms with E-state index in [0.717, 1.165) is 21.3 Å². The van der Waals surface area contributed by atoms with Gasteiger partial charge in [0.15, 0.2) is 0 Å². The van der Waals surface area contributed by atoms with Crippen molar-refractivity contribution < 1.29 is 14.2 Å². The number of rotatable bonds is 4. The number of halogens is 1. The molecule has 0 aliphatic carbocycles. The van der Waals surface area contributed by atoms with E-state index in [-0.39, 0.29) is 12.1 Å². The predicted molar refractivity (Wildman–Crippen MR) is 77.8 cm³/mol. The molecule has 19 heavy (non-hydrogen) atoms. The summed E-state index contributed by atoms with van der Waals surface area (Å²) in [6, 6.07) is 4.17.